The third-order valence-corrected chi connectivity index (χ3v) is 7.23. The number of anilines is 1. The Morgan fingerprint density at radius 3 is 2.36 bits per heavy atom. The summed E-state index contributed by atoms with van der Waals surface area (Å²) < 4.78 is 13.4. The zero-order valence-corrected chi connectivity index (χ0v) is 25.0. The SMILES string of the molecule is C=C(/C=C\C(C)=NC)CNc1ncnc2c(C(C)CC)cc(-c3ccc(F)cc3)cc12.CCCCC(C)CC. The van der Waals surface area contributed by atoms with Gasteiger partial charge < -0.3 is 5.32 Å². The molecule has 39 heavy (non-hydrogen) atoms. The number of hydrogen-bond acceptors (Lipinski definition) is 4. The molecule has 2 atom stereocenters. The van der Waals surface area contributed by atoms with Crippen molar-refractivity contribution in [2.75, 3.05) is 18.9 Å². The summed E-state index contributed by atoms with van der Waals surface area (Å²) in [5.74, 6) is 1.80. The van der Waals surface area contributed by atoms with E-state index in [1.807, 2.05) is 19.1 Å². The molecule has 1 heterocycles. The van der Waals surface area contributed by atoms with Gasteiger partial charge in [-0.3, -0.25) is 4.99 Å². The molecule has 0 saturated heterocycles. The van der Waals surface area contributed by atoms with E-state index in [1.54, 1.807) is 25.5 Å². The molecule has 2 aromatic carbocycles. The van der Waals surface area contributed by atoms with Crippen LogP contribution in [-0.2, 0) is 0 Å². The van der Waals surface area contributed by atoms with Gasteiger partial charge in [0.05, 0.1) is 5.52 Å². The van der Waals surface area contributed by atoms with E-state index >= 15 is 0 Å². The second-order valence-electron chi connectivity index (χ2n) is 10.4. The molecular weight excluding hydrogens is 483 g/mol. The van der Waals surface area contributed by atoms with E-state index < -0.39 is 0 Å². The van der Waals surface area contributed by atoms with Gasteiger partial charge in [-0.1, -0.05) is 85.1 Å². The highest BCUT2D eigenvalue weighted by Gasteiger charge is 2.15. The van der Waals surface area contributed by atoms with Crippen molar-refractivity contribution in [3.05, 3.63) is 78.4 Å². The summed E-state index contributed by atoms with van der Waals surface area (Å²) in [7, 11) is 1.77. The van der Waals surface area contributed by atoms with Crippen LogP contribution in [0.4, 0.5) is 10.2 Å². The molecule has 0 spiro atoms. The normalized spacial score (nSPS) is 13.2. The van der Waals surface area contributed by atoms with Crippen LogP contribution in [0.3, 0.4) is 0 Å². The van der Waals surface area contributed by atoms with Gasteiger partial charge in [0.2, 0.25) is 0 Å². The predicted molar refractivity (Wildman–Crippen MR) is 168 cm³/mol. The maximum atomic E-state index is 13.4. The molecule has 210 valence electrons. The van der Waals surface area contributed by atoms with E-state index in [9.17, 15) is 4.39 Å². The third-order valence-electron chi connectivity index (χ3n) is 7.23. The first-order valence-corrected chi connectivity index (χ1v) is 14.3. The fraction of sp³-hybridized carbons (Fsp3) is 0.441. The summed E-state index contributed by atoms with van der Waals surface area (Å²) in [6.07, 6.45) is 12.0. The average molecular weight is 531 g/mol. The first-order valence-electron chi connectivity index (χ1n) is 14.3. The van der Waals surface area contributed by atoms with Crippen molar-refractivity contribution in [1.29, 1.82) is 0 Å². The number of nitrogens with one attached hydrogen (secondary N) is 1. The lowest BCUT2D eigenvalue weighted by molar-refractivity contribution is 0.492. The smallest absolute Gasteiger partial charge is 0.137 e. The Morgan fingerprint density at radius 2 is 1.74 bits per heavy atom. The van der Waals surface area contributed by atoms with Crippen LogP contribution in [0.15, 0.2) is 72.0 Å². The number of fused-ring (bicyclic) bond motifs is 1. The van der Waals surface area contributed by atoms with Gasteiger partial charge in [-0.2, -0.15) is 0 Å². The molecule has 4 nitrogen and oxygen atoms in total. The highest BCUT2D eigenvalue weighted by atomic mass is 19.1. The summed E-state index contributed by atoms with van der Waals surface area (Å²) in [6, 6.07) is 10.8. The van der Waals surface area contributed by atoms with E-state index in [4.69, 9.17) is 0 Å². The number of hydrogen-bond donors (Lipinski definition) is 1. The molecule has 0 saturated carbocycles. The van der Waals surface area contributed by atoms with Crippen LogP contribution in [0.5, 0.6) is 0 Å². The standard InChI is InChI=1S/C26H29FN4.C8H18/c1-6-18(3)23-13-21(20-9-11-22(27)12-10-20)14-24-25(23)30-16-31-26(24)29-15-17(2)7-8-19(4)28-5;1-4-6-7-8(3)5-2/h7-14,16,18H,2,6,15H2,1,3-5H3,(H,29,30,31);8H,4-7H2,1-3H3/b8-7-,28-19?;. The van der Waals surface area contributed by atoms with Crippen LogP contribution in [0.25, 0.3) is 22.0 Å². The zero-order chi connectivity index (χ0) is 28.8. The van der Waals surface area contributed by atoms with Gasteiger partial charge in [0, 0.05) is 24.7 Å². The van der Waals surface area contributed by atoms with Crippen LogP contribution < -0.4 is 5.32 Å². The highest BCUT2D eigenvalue weighted by molar-refractivity contribution is 5.95. The Hall–Kier alpha value is -3.34. The lowest BCUT2D eigenvalue weighted by Crippen LogP contribution is -2.07. The van der Waals surface area contributed by atoms with Crippen molar-refractivity contribution >= 4 is 22.4 Å². The van der Waals surface area contributed by atoms with Crippen LogP contribution in [0.2, 0.25) is 0 Å². The molecule has 0 fully saturated rings. The minimum atomic E-state index is -0.243. The van der Waals surface area contributed by atoms with Crippen molar-refractivity contribution in [1.82, 2.24) is 9.97 Å². The lowest BCUT2D eigenvalue weighted by Gasteiger charge is -2.17. The van der Waals surface area contributed by atoms with Crippen molar-refractivity contribution in [2.24, 2.45) is 10.9 Å². The van der Waals surface area contributed by atoms with Crippen LogP contribution in [0, 0.1) is 11.7 Å². The molecule has 3 aromatic rings. The number of allylic oxidation sites excluding steroid dienone is 1. The zero-order valence-electron chi connectivity index (χ0n) is 25.0. The summed E-state index contributed by atoms with van der Waals surface area (Å²) >= 11 is 0. The van der Waals surface area contributed by atoms with Gasteiger partial charge in [-0.15, -0.1) is 0 Å². The number of halogens is 1. The first-order chi connectivity index (χ1) is 18.7. The van der Waals surface area contributed by atoms with E-state index in [0.717, 1.165) is 51.5 Å². The van der Waals surface area contributed by atoms with Crippen molar-refractivity contribution in [3.63, 3.8) is 0 Å². The van der Waals surface area contributed by atoms with Gasteiger partial charge in [0.1, 0.15) is 18.0 Å². The topological polar surface area (TPSA) is 50.2 Å². The summed E-state index contributed by atoms with van der Waals surface area (Å²) in [5, 5.41) is 4.35. The van der Waals surface area contributed by atoms with Crippen molar-refractivity contribution < 1.29 is 4.39 Å². The minimum absolute atomic E-state index is 0.243. The first kappa shape index (κ1) is 31.9. The van der Waals surface area contributed by atoms with Gasteiger partial charge in [0.25, 0.3) is 0 Å². The van der Waals surface area contributed by atoms with Crippen molar-refractivity contribution in [2.45, 2.75) is 79.6 Å². The summed E-state index contributed by atoms with van der Waals surface area (Å²) in [5.41, 5.74) is 5.95. The molecule has 0 amide bonds. The minimum Gasteiger partial charge on any atom is -0.365 e. The molecule has 0 aliphatic carbocycles. The monoisotopic (exact) mass is 530 g/mol. The molecule has 0 aliphatic heterocycles. The van der Waals surface area contributed by atoms with E-state index in [2.05, 4.69) is 73.6 Å². The summed E-state index contributed by atoms with van der Waals surface area (Å²) in [4.78, 5) is 13.2. The fourth-order valence-corrected chi connectivity index (χ4v) is 4.07. The molecule has 0 aliphatic rings. The number of aliphatic imine (C=N–C) groups is 1. The number of aromatic nitrogens is 2. The molecule has 5 heteroatoms. The predicted octanol–water partition coefficient (Wildman–Crippen LogP) is 9.79. The number of rotatable bonds is 12. The van der Waals surface area contributed by atoms with Crippen molar-refractivity contribution in [3.8, 4) is 11.1 Å². The second kappa shape index (κ2) is 16.6. The molecule has 1 aromatic heterocycles. The largest absolute Gasteiger partial charge is 0.365 e. The van der Waals surface area contributed by atoms with Gasteiger partial charge in [-0.25, -0.2) is 14.4 Å². The Bertz CT molecular complexity index is 1240. The number of unbranched alkanes of at least 4 members (excludes halogenated alkanes) is 1. The molecule has 2 unspecified atom stereocenters. The molecular formula is C34H47FN4. The van der Waals surface area contributed by atoms with E-state index in [0.29, 0.717) is 12.5 Å². The van der Waals surface area contributed by atoms with Crippen LogP contribution >= 0.6 is 0 Å². The van der Waals surface area contributed by atoms with Crippen LogP contribution in [-0.4, -0.2) is 29.3 Å². The highest BCUT2D eigenvalue weighted by Crippen LogP contribution is 2.34. The molecule has 0 bridgehead atoms. The van der Waals surface area contributed by atoms with E-state index in [-0.39, 0.29) is 5.82 Å². The Kier molecular flexibility index (Phi) is 13.6. The quantitative estimate of drug-likeness (QED) is 0.187. The second-order valence-corrected chi connectivity index (χ2v) is 10.4. The third kappa shape index (κ3) is 10.0. The van der Waals surface area contributed by atoms with E-state index in [1.165, 1.54) is 43.4 Å². The Balaban J connectivity index is 0.000000580. The average Bonchev–Trinajstić information content (AvgIpc) is 2.97. The molecule has 0 radical (unpaired) electrons. The maximum Gasteiger partial charge on any atom is 0.137 e. The van der Waals surface area contributed by atoms with Gasteiger partial charge in [0.15, 0.2) is 0 Å². The lowest BCUT2D eigenvalue weighted by atomic mass is 9.91. The van der Waals surface area contributed by atoms with Gasteiger partial charge in [-0.05, 0) is 77.8 Å². The summed E-state index contributed by atoms with van der Waals surface area (Å²) in [6.45, 7) is 17.8. The van der Waals surface area contributed by atoms with Crippen LogP contribution in [0.1, 0.15) is 85.1 Å². The fourth-order valence-electron chi connectivity index (χ4n) is 4.07. The maximum absolute atomic E-state index is 13.4. The Morgan fingerprint density at radius 1 is 1.03 bits per heavy atom. The Labute approximate surface area is 235 Å². The molecule has 3 rings (SSSR count). The number of benzene rings is 2. The molecule has 1 N–H and O–H groups in total. The number of nitrogens with zero attached hydrogens (tertiary/aromatic N) is 3. The van der Waals surface area contributed by atoms with Gasteiger partial charge >= 0.3 is 0 Å².